The molecule has 1 rings (SSSR count). The number of amides is 1. The van der Waals surface area contributed by atoms with E-state index in [1.165, 1.54) is 103 Å². The quantitative estimate of drug-likeness (QED) is 0.0387. The highest BCUT2D eigenvalue weighted by Gasteiger charge is 2.44. The number of ether oxygens (including phenoxy) is 2. The zero-order valence-corrected chi connectivity index (χ0v) is 31.2. The van der Waals surface area contributed by atoms with Gasteiger partial charge in [0, 0.05) is 6.42 Å². The van der Waals surface area contributed by atoms with Gasteiger partial charge >= 0.3 is 0 Å². The van der Waals surface area contributed by atoms with E-state index in [1.807, 2.05) is 0 Å². The molecule has 1 amide bonds. The van der Waals surface area contributed by atoms with Gasteiger partial charge in [0.25, 0.3) is 0 Å². The van der Waals surface area contributed by atoms with Crippen LogP contribution in [0.4, 0.5) is 4.39 Å². The second kappa shape index (κ2) is 30.3. The van der Waals surface area contributed by atoms with E-state index >= 15 is 0 Å². The summed E-state index contributed by atoms with van der Waals surface area (Å²) in [6.07, 6.45) is 18.2. The molecule has 0 aromatic carbocycles. The summed E-state index contributed by atoms with van der Waals surface area (Å²) in [6, 6.07) is -0.992. The first-order chi connectivity index (χ1) is 24.1. The first-order valence-electron chi connectivity index (χ1n) is 20.0. The van der Waals surface area contributed by atoms with Crippen molar-refractivity contribution in [1.29, 1.82) is 0 Å². The van der Waals surface area contributed by atoms with Crippen molar-refractivity contribution < 1.29 is 49.3 Å². The first-order valence-corrected chi connectivity index (χ1v) is 20.0. The lowest BCUT2D eigenvalue weighted by Gasteiger charge is -2.40. The Hall–Kier alpha value is -1.18. The standard InChI is InChI=1S/C39H74FNO9/c1-3-32(43)35(45)31(29-49-39-38(48)37(47)36(46)33(28-42)50-39)41-34(44)27-25-23-21-19-17-15-13-11-9-7-5-4-6-8-10-12-14-16-18-20-22-24-26-30(2)40/h31-33,35-39,42-43,45-48H,2-29H2,1H3,(H,41,44)/t31-,32+,33?,35-,36?,37?,38?,39?/m0/s1. The van der Waals surface area contributed by atoms with Gasteiger partial charge in [-0.05, 0) is 25.7 Å². The monoisotopic (exact) mass is 720 g/mol. The van der Waals surface area contributed by atoms with E-state index in [0.29, 0.717) is 12.8 Å². The average molecular weight is 720 g/mol. The van der Waals surface area contributed by atoms with Crippen molar-refractivity contribution in [2.24, 2.45) is 0 Å². The molecular weight excluding hydrogens is 645 g/mol. The van der Waals surface area contributed by atoms with Crippen molar-refractivity contribution in [3.8, 4) is 0 Å². The van der Waals surface area contributed by atoms with Crippen LogP contribution in [0, 0.1) is 0 Å². The Balaban J connectivity index is 2.03. The van der Waals surface area contributed by atoms with Crippen LogP contribution >= 0.6 is 0 Å². The van der Waals surface area contributed by atoms with Crippen molar-refractivity contribution >= 4 is 5.91 Å². The third-order valence-electron chi connectivity index (χ3n) is 9.96. The van der Waals surface area contributed by atoms with E-state index in [4.69, 9.17) is 9.47 Å². The highest BCUT2D eigenvalue weighted by atomic mass is 19.1. The molecule has 1 saturated heterocycles. The maximum atomic E-state index is 12.7. The van der Waals surface area contributed by atoms with Crippen LogP contribution < -0.4 is 5.32 Å². The Morgan fingerprint density at radius 3 is 1.48 bits per heavy atom. The van der Waals surface area contributed by atoms with Gasteiger partial charge in [0.15, 0.2) is 6.29 Å². The molecule has 0 radical (unpaired) electrons. The molecular formula is C39H74FNO9. The fourth-order valence-corrected chi connectivity index (χ4v) is 6.56. The van der Waals surface area contributed by atoms with Gasteiger partial charge in [-0.15, -0.1) is 0 Å². The molecule has 10 nitrogen and oxygen atoms in total. The summed E-state index contributed by atoms with van der Waals surface area (Å²) < 4.78 is 23.4. The molecule has 11 heteroatoms. The lowest BCUT2D eigenvalue weighted by Crippen LogP contribution is -2.60. The normalized spacial score (nSPS) is 22.7. The summed E-state index contributed by atoms with van der Waals surface area (Å²) in [4.78, 5) is 12.7. The molecule has 1 fully saturated rings. The second-order valence-electron chi connectivity index (χ2n) is 14.5. The summed E-state index contributed by atoms with van der Waals surface area (Å²) >= 11 is 0. The number of carbonyl (C=O) groups excluding carboxylic acids is 1. The first kappa shape index (κ1) is 46.8. The third-order valence-corrected chi connectivity index (χ3v) is 9.96. The number of nitrogens with one attached hydrogen (secondary N) is 1. The molecule has 0 aromatic heterocycles. The number of unbranched alkanes of at least 4 members (excludes halogenated alkanes) is 21. The molecule has 0 saturated carbocycles. The maximum absolute atomic E-state index is 12.7. The Morgan fingerprint density at radius 2 is 1.10 bits per heavy atom. The lowest BCUT2D eigenvalue weighted by atomic mass is 9.99. The van der Waals surface area contributed by atoms with Crippen LogP contribution in [-0.4, -0.2) is 98.7 Å². The van der Waals surface area contributed by atoms with Gasteiger partial charge in [0.2, 0.25) is 5.91 Å². The number of rotatable bonds is 33. The Kier molecular flexibility index (Phi) is 28.4. The molecule has 1 heterocycles. The van der Waals surface area contributed by atoms with E-state index in [0.717, 1.165) is 32.1 Å². The minimum atomic E-state index is -1.61. The van der Waals surface area contributed by atoms with Gasteiger partial charge in [0.05, 0.1) is 31.2 Å². The number of hydrogen-bond donors (Lipinski definition) is 7. The van der Waals surface area contributed by atoms with E-state index in [-0.39, 0.29) is 31.2 Å². The molecule has 1 aliphatic rings. The summed E-state index contributed by atoms with van der Waals surface area (Å²) in [5.41, 5.74) is 0. The second-order valence-corrected chi connectivity index (χ2v) is 14.5. The lowest BCUT2D eigenvalue weighted by molar-refractivity contribution is -0.303. The maximum Gasteiger partial charge on any atom is 0.220 e. The van der Waals surface area contributed by atoms with Crippen LogP contribution in [0.5, 0.6) is 0 Å². The molecule has 1 aliphatic heterocycles. The van der Waals surface area contributed by atoms with Crippen LogP contribution in [0.15, 0.2) is 12.4 Å². The molecule has 5 unspecified atom stereocenters. The fraction of sp³-hybridized carbons (Fsp3) is 0.923. The average Bonchev–Trinajstić information content (AvgIpc) is 3.10. The zero-order valence-electron chi connectivity index (χ0n) is 31.2. The van der Waals surface area contributed by atoms with Gasteiger partial charge in [-0.2, -0.15) is 0 Å². The molecule has 7 N–H and O–H groups in total. The van der Waals surface area contributed by atoms with Crippen molar-refractivity contribution in [2.75, 3.05) is 13.2 Å². The topological polar surface area (TPSA) is 169 Å². The SMILES string of the molecule is C=C(F)CCCCCCCCCCCCCCCCCCCCCCCCC(=O)N[C@@H](COC1OC(CO)C(O)C(O)C1O)[C@H](O)[C@H](O)CC. The van der Waals surface area contributed by atoms with Crippen LogP contribution in [0.3, 0.4) is 0 Å². The number of aliphatic hydroxyl groups excluding tert-OH is 6. The predicted molar refractivity (Wildman–Crippen MR) is 195 cm³/mol. The molecule has 0 aromatic rings. The molecule has 50 heavy (non-hydrogen) atoms. The van der Waals surface area contributed by atoms with E-state index in [2.05, 4.69) is 11.9 Å². The van der Waals surface area contributed by atoms with Crippen molar-refractivity contribution in [1.82, 2.24) is 5.32 Å². The minimum Gasteiger partial charge on any atom is -0.394 e. The summed E-state index contributed by atoms with van der Waals surface area (Å²) in [7, 11) is 0. The zero-order chi connectivity index (χ0) is 37.0. The van der Waals surface area contributed by atoms with Crippen molar-refractivity contribution in [2.45, 2.75) is 216 Å². The number of halogens is 1. The summed E-state index contributed by atoms with van der Waals surface area (Å²) in [6.45, 7) is 4.08. The largest absolute Gasteiger partial charge is 0.394 e. The van der Waals surface area contributed by atoms with Crippen LogP contribution in [-0.2, 0) is 14.3 Å². The molecule has 0 bridgehead atoms. The highest BCUT2D eigenvalue weighted by molar-refractivity contribution is 5.76. The van der Waals surface area contributed by atoms with Crippen molar-refractivity contribution in [3.63, 3.8) is 0 Å². The minimum absolute atomic E-state index is 0.183. The number of allylic oxidation sites excluding steroid dienone is 1. The summed E-state index contributed by atoms with van der Waals surface area (Å²) in [5.74, 6) is -0.467. The van der Waals surface area contributed by atoms with Gasteiger partial charge in [-0.3, -0.25) is 4.79 Å². The smallest absolute Gasteiger partial charge is 0.220 e. The van der Waals surface area contributed by atoms with Gasteiger partial charge < -0.3 is 45.4 Å². The van der Waals surface area contributed by atoms with E-state index < -0.39 is 55.6 Å². The fourth-order valence-electron chi connectivity index (χ4n) is 6.56. The van der Waals surface area contributed by atoms with Gasteiger partial charge in [-0.1, -0.05) is 142 Å². The number of hydrogen-bond acceptors (Lipinski definition) is 9. The Morgan fingerprint density at radius 1 is 0.700 bits per heavy atom. The summed E-state index contributed by atoms with van der Waals surface area (Å²) in [5, 5.41) is 63.0. The van der Waals surface area contributed by atoms with Crippen molar-refractivity contribution in [3.05, 3.63) is 12.4 Å². The number of aliphatic hydroxyl groups is 6. The van der Waals surface area contributed by atoms with E-state index in [9.17, 15) is 39.8 Å². The Labute approximate surface area is 302 Å². The highest BCUT2D eigenvalue weighted by Crippen LogP contribution is 2.23. The van der Waals surface area contributed by atoms with Crippen LogP contribution in [0.2, 0.25) is 0 Å². The number of carbonyl (C=O) groups is 1. The molecule has 0 spiro atoms. The Bertz CT molecular complexity index is 835. The third kappa shape index (κ3) is 22.0. The van der Waals surface area contributed by atoms with Crippen LogP contribution in [0.25, 0.3) is 0 Å². The van der Waals surface area contributed by atoms with Crippen LogP contribution in [0.1, 0.15) is 167 Å². The molecule has 296 valence electrons. The predicted octanol–water partition coefficient (Wildman–Crippen LogP) is 6.27. The molecule has 8 atom stereocenters. The molecule has 0 aliphatic carbocycles. The van der Waals surface area contributed by atoms with Gasteiger partial charge in [0.1, 0.15) is 30.5 Å². The van der Waals surface area contributed by atoms with Gasteiger partial charge in [-0.25, -0.2) is 4.39 Å². The van der Waals surface area contributed by atoms with E-state index in [1.54, 1.807) is 6.92 Å².